The maximum atomic E-state index is 12.9. The molecule has 1 aliphatic rings. The third kappa shape index (κ3) is 4.69. The Kier molecular flexibility index (Phi) is 5.89. The number of thioether (sulfide) groups is 1. The molecule has 1 unspecified atom stereocenters. The summed E-state index contributed by atoms with van der Waals surface area (Å²) in [5.41, 5.74) is 1.51. The zero-order valence-electron chi connectivity index (χ0n) is 13.6. The highest BCUT2D eigenvalue weighted by Crippen LogP contribution is 2.27. The highest BCUT2D eigenvalue weighted by Gasteiger charge is 2.26. The lowest BCUT2D eigenvalue weighted by Gasteiger charge is -2.23. The average molecular weight is 394 g/mol. The van der Waals surface area contributed by atoms with Gasteiger partial charge >= 0.3 is 6.03 Å². The topological polar surface area (TPSA) is 44.7 Å². The molecule has 0 fully saturated rings. The largest absolute Gasteiger partial charge is 0.328 e. The van der Waals surface area contributed by atoms with Crippen molar-refractivity contribution in [2.75, 3.05) is 11.9 Å². The second-order valence-corrected chi connectivity index (χ2v) is 7.92. The number of carbonyl (C=O) groups is 1. The normalized spacial score (nSPS) is 16.4. The fourth-order valence-corrected chi connectivity index (χ4v) is 3.71. The number of benzene rings is 2. The summed E-state index contributed by atoms with van der Waals surface area (Å²) in [7, 11) is 0. The number of nitrogens with zero attached hydrogens (tertiary/aromatic N) is 2. The van der Waals surface area contributed by atoms with E-state index >= 15 is 0 Å². The van der Waals surface area contributed by atoms with Crippen LogP contribution in [0.3, 0.4) is 0 Å². The summed E-state index contributed by atoms with van der Waals surface area (Å²) in [6.07, 6.45) is 0. The van der Waals surface area contributed by atoms with Crippen LogP contribution < -0.4 is 5.32 Å². The number of hydrogen-bond acceptors (Lipinski definition) is 3. The first-order chi connectivity index (χ1) is 12.0. The van der Waals surface area contributed by atoms with Gasteiger partial charge < -0.3 is 5.32 Å². The molecule has 2 aromatic carbocycles. The van der Waals surface area contributed by atoms with Crippen LogP contribution in [0.15, 0.2) is 53.5 Å². The van der Waals surface area contributed by atoms with Crippen molar-refractivity contribution in [1.29, 1.82) is 0 Å². The number of nitrogens with one attached hydrogen (secondary N) is 1. The molecule has 1 aliphatic heterocycles. The molecule has 0 saturated heterocycles. The van der Waals surface area contributed by atoms with Gasteiger partial charge in [0.1, 0.15) is 0 Å². The molecule has 130 valence electrons. The molecule has 7 heteroatoms. The van der Waals surface area contributed by atoms with Crippen LogP contribution in [-0.4, -0.2) is 27.9 Å². The summed E-state index contributed by atoms with van der Waals surface area (Å²) in [5, 5.41) is 5.12. The van der Waals surface area contributed by atoms with Gasteiger partial charge in [-0.25, -0.2) is 4.79 Å². The Morgan fingerprint density at radius 2 is 2.08 bits per heavy atom. The second-order valence-electron chi connectivity index (χ2n) is 5.67. The fraction of sp³-hybridized carbons (Fsp3) is 0.222. The lowest BCUT2D eigenvalue weighted by molar-refractivity contribution is 0.233. The van der Waals surface area contributed by atoms with Gasteiger partial charge in [0.15, 0.2) is 5.17 Å². The van der Waals surface area contributed by atoms with Crippen molar-refractivity contribution in [3.63, 3.8) is 0 Å². The molecule has 2 aromatic rings. The summed E-state index contributed by atoms with van der Waals surface area (Å²) in [6, 6.07) is 14.3. The van der Waals surface area contributed by atoms with Crippen LogP contribution in [0.1, 0.15) is 12.5 Å². The second kappa shape index (κ2) is 8.13. The van der Waals surface area contributed by atoms with E-state index in [1.807, 2.05) is 24.3 Å². The highest BCUT2D eigenvalue weighted by molar-refractivity contribution is 8.14. The Labute approximate surface area is 161 Å². The molecule has 3 rings (SSSR count). The fourth-order valence-electron chi connectivity index (χ4n) is 2.39. The molecular weight excluding hydrogens is 377 g/mol. The SMILES string of the molecule is CC1CN=C(N(Cc2ccccc2Cl)C(=O)Nc2cccc(Cl)c2)S1. The summed E-state index contributed by atoms with van der Waals surface area (Å²) in [5.74, 6) is 0. The number of urea groups is 1. The van der Waals surface area contributed by atoms with E-state index in [2.05, 4.69) is 17.2 Å². The monoisotopic (exact) mass is 393 g/mol. The van der Waals surface area contributed by atoms with E-state index in [-0.39, 0.29) is 6.03 Å². The highest BCUT2D eigenvalue weighted by atomic mass is 35.5. The van der Waals surface area contributed by atoms with Gasteiger partial charge in [-0.3, -0.25) is 9.89 Å². The van der Waals surface area contributed by atoms with Crippen molar-refractivity contribution in [3.05, 3.63) is 64.1 Å². The van der Waals surface area contributed by atoms with E-state index in [1.165, 1.54) is 0 Å². The minimum atomic E-state index is -0.262. The third-order valence-electron chi connectivity index (χ3n) is 3.63. The Balaban J connectivity index is 1.83. The summed E-state index contributed by atoms with van der Waals surface area (Å²) < 4.78 is 0. The molecule has 0 radical (unpaired) electrons. The van der Waals surface area contributed by atoms with E-state index in [0.717, 1.165) is 5.56 Å². The van der Waals surface area contributed by atoms with Gasteiger partial charge in [0, 0.05) is 21.0 Å². The standard InChI is InChI=1S/C18H17Cl2N3OS/c1-12-10-21-18(25-12)23(11-13-5-2-3-8-16(13)20)17(24)22-15-7-4-6-14(19)9-15/h2-9,12H,10-11H2,1H3,(H,22,24). The Morgan fingerprint density at radius 1 is 1.28 bits per heavy atom. The first kappa shape index (κ1) is 18.1. The predicted molar refractivity (Wildman–Crippen MR) is 107 cm³/mol. The minimum Gasteiger partial charge on any atom is -0.307 e. The number of halogens is 2. The van der Waals surface area contributed by atoms with Crippen LogP contribution in [-0.2, 0) is 6.54 Å². The molecule has 1 heterocycles. The molecular formula is C18H17Cl2N3OS. The van der Waals surface area contributed by atoms with E-state index < -0.39 is 0 Å². The number of amides is 2. The Bertz CT molecular complexity index is 812. The van der Waals surface area contributed by atoms with E-state index in [0.29, 0.717) is 39.2 Å². The maximum absolute atomic E-state index is 12.9. The average Bonchev–Trinajstić information content (AvgIpc) is 3.00. The summed E-state index contributed by atoms with van der Waals surface area (Å²) in [6.45, 7) is 3.14. The zero-order valence-corrected chi connectivity index (χ0v) is 15.9. The summed E-state index contributed by atoms with van der Waals surface area (Å²) in [4.78, 5) is 19.0. The quantitative estimate of drug-likeness (QED) is 0.745. The molecule has 0 bridgehead atoms. The number of amidine groups is 1. The molecule has 0 spiro atoms. The van der Waals surface area contributed by atoms with Crippen molar-refractivity contribution in [2.45, 2.75) is 18.7 Å². The number of rotatable bonds is 3. The lowest BCUT2D eigenvalue weighted by Crippen LogP contribution is -2.37. The van der Waals surface area contributed by atoms with E-state index in [1.54, 1.807) is 40.9 Å². The molecule has 1 N–H and O–H groups in total. The van der Waals surface area contributed by atoms with Crippen molar-refractivity contribution >= 4 is 51.8 Å². The van der Waals surface area contributed by atoms with Crippen LogP contribution in [0.25, 0.3) is 0 Å². The van der Waals surface area contributed by atoms with Gasteiger partial charge in [0.25, 0.3) is 0 Å². The third-order valence-corrected chi connectivity index (χ3v) is 5.34. The Morgan fingerprint density at radius 3 is 2.76 bits per heavy atom. The van der Waals surface area contributed by atoms with Gasteiger partial charge in [-0.15, -0.1) is 0 Å². The van der Waals surface area contributed by atoms with Gasteiger partial charge in [-0.05, 0) is 29.8 Å². The zero-order chi connectivity index (χ0) is 17.8. The van der Waals surface area contributed by atoms with Crippen LogP contribution in [0.2, 0.25) is 10.0 Å². The molecule has 4 nitrogen and oxygen atoms in total. The first-order valence-corrected chi connectivity index (χ1v) is 9.45. The van der Waals surface area contributed by atoms with Crippen molar-refractivity contribution in [3.8, 4) is 0 Å². The van der Waals surface area contributed by atoms with Crippen LogP contribution in [0.4, 0.5) is 10.5 Å². The molecule has 2 amide bonds. The van der Waals surface area contributed by atoms with Crippen LogP contribution in [0, 0.1) is 0 Å². The van der Waals surface area contributed by atoms with E-state index in [9.17, 15) is 4.79 Å². The molecule has 0 aliphatic carbocycles. The molecule has 25 heavy (non-hydrogen) atoms. The first-order valence-electron chi connectivity index (χ1n) is 7.81. The number of anilines is 1. The van der Waals surface area contributed by atoms with Gasteiger partial charge in [-0.1, -0.05) is 66.2 Å². The van der Waals surface area contributed by atoms with Crippen molar-refractivity contribution < 1.29 is 4.79 Å². The van der Waals surface area contributed by atoms with Gasteiger partial charge in [0.05, 0.1) is 13.1 Å². The van der Waals surface area contributed by atoms with Gasteiger partial charge in [-0.2, -0.15) is 0 Å². The number of carbonyl (C=O) groups excluding carboxylic acids is 1. The number of hydrogen-bond donors (Lipinski definition) is 1. The lowest BCUT2D eigenvalue weighted by atomic mass is 10.2. The minimum absolute atomic E-state index is 0.262. The molecule has 0 saturated carbocycles. The predicted octanol–water partition coefficient (Wildman–Crippen LogP) is 5.52. The molecule has 1 atom stereocenters. The Hall–Kier alpha value is -1.69. The smallest absolute Gasteiger partial charge is 0.307 e. The number of aliphatic imine (C=N–C) groups is 1. The van der Waals surface area contributed by atoms with Crippen LogP contribution >= 0.6 is 35.0 Å². The van der Waals surface area contributed by atoms with Gasteiger partial charge in [0.2, 0.25) is 0 Å². The van der Waals surface area contributed by atoms with Crippen LogP contribution in [0.5, 0.6) is 0 Å². The van der Waals surface area contributed by atoms with Crippen molar-refractivity contribution in [2.24, 2.45) is 4.99 Å². The van der Waals surface area contributed by atoms with E-state index in [4.69, 9.17) is 23.2 Å². The van der Waals surface area contributed by atoms with Crippen molar-refractivity contribution in [1.82, 2.24) is 4.90 Å². The molecule has 0 aromatic heterocycles. The maximum Gasteiger partial charge on any atom is 0.328 e. The summed E-state index contributed by atoms with van der Waals surface area (Å²) >= 11 is 13.8.